The number of fused-ring (bicyclic) bond motifs is 1. The van der Waals surface area contributed by atoms with E-state index in [-0.39, 0.29) is 43.3 Å². The molecular formula is C24H27N3O4. The van der Waals surface area contributed by atoms with Gasteiger partial charge in [0.2, 0.25) is 18.6 Å². The lowest BCUT2D eigenvalue weighted by molar-refractivity contribution is -0.125. The van der Waals surface area contributed by atoms with E-state index < -0.39 is 0 Å². The van der Waals surface area contributed by atoms with Gasteiger partial charge in [-0.15, -0.1) is 0 Å². The first kappa shape index (κ1) is 22.2. The fraction of sp³-hybridized carbons (Fsp3) is 0.375. The number of para-hydroxylation sites is 1. The van der Waals surface area contributed by atoms with Crippen LogP contribution >= 0.6 is 0 Å². The van der Waals surface area contributed by atoms with Crippen LogP contribution < -0.4 is 19.7 Å². The maximum Gasteiger partial charge on any atom is 0.231 e. The molecule has 1 aliphatic heterocycles. The molecule has 2 aromatic rings. The standard InChI is InChI=1S/C24H27N3O4/c1-24(2,18-9-10-20-21(15-18)31-17-30-20)16-26-22(28)11-12-23(29)27(14-6-13-25)19-7-4-3-5-8-19/h3-5,7-10,15H,6,11-12,14,16-17H2,1-2H3,(H,26,28). The van der Waals surface area contributed by atoms with Crippen LogP contribution in [0.1, 0.15) is 38.7 Å². The van der Waals surface area contributed by atoms with Gasteiger partial charge in [-0.2, -0.15) is 5.26 Å². The molecule has 0 saturated carbocycles. The van der Waals surface area contributed by atoms with Crippen LogP contribution in [0.5, 0.6) is 11.5 Å². The molecule has 0 bridgehead atoms. The number of nitrogens with zero attached hydrogens (tertiary/aromatic N) is 2. The minimum atomic E-state index is -0.316. The molecule has 0 aromatic heterocycles. The Bertz CT molecular complexity index is 967. The number of amides is 2. The van der Waals surface area contributed by atoms with Gasteiger partial charge in [-0.1, -0.05) is 38.1 Å². The van der Waals surface area contributed by atoms with Gasteiger partial charge in [0, 0.05) is 37.0 Å². The molecule has 1 aliphatic rings. The summed E-state index contributed by atoms with van der Waals surface area (Å²) in [5.74, 6) is 1.07. The molecule has 7 nitrogen and oxygen atoms in total. The lowest BCUT2D eigenvalue weighted by Gasteiger charge is -2.26. The van der Waals surface area contributed by atoms with E-state index in [9.17, 15) is 9.59 Å². The fourth-order valence-electron chi connectivity index (χ4n) is 3.35. The van der Waals surface area contributed by atoms with Crippen LogP contribution in [0.2, 0.25) is 0 Å². The molecular weight excluding hydrogens is 394 g/mol. The van der Waals surface area contributed by atoms with E-state index in [2.05, 4.69) is 11.4 Å². The number of hydrogen-bond acceptors (Lipinski definition) is 5. The molecule has 0 radical (unpaired) electrons. The van der Waals surface area contributed by atoms with Crippen LogP contribution in [-0.4, -0.2) is 31.7 Å². The van der Waals surface area contributed by atoms with Crippen molar-refractivity contribution >= 4 is 17.5 Å². The van der Waals surface area contributed by atoms with Crippen molar-refractivity contribution in [1.82, 2.24) is 5.32 Å². The number of nitrogens with one attached hydrogen (secondary N) is 1. The highest BCUT2D eigenvalue weighted by Gasteiger charge is 2.25. The zero-order valence-electron chi connectivity index (χ0n) is 17.9. The molecule has 3 rings (SSSR count). The number of rotatable bonds is 9. The predicted octanol–water partition coefficient (Wildman–Crippen LogP) is 3.54. The highest BCUT2D eigenvalue weighted by atomic mass is 16.7. The molecule has 31 heavy (non-hydrogen) atoms. The van der Waals surface area contributed by atoms with Gasteiger partial charge >= 0.3 is 0 Å². The van der Waals surface area contributed by atoms with Gasteiger partial charge in [0.1, 0.15) is 0 Å². The minimum absolute atomic E-state index is 0.0800. The maximum absolute atomic E-state index is 12.7. The van der Waals surface area contributed by atoms with Gasteiger partial charge in [0.25, 0.3) is 0 Å². The Labute approximate surface area is 182 Å². The second-order valence-electron chi connectivity index (χ2n) is 8.02. The second-order valence-corrected chi connectivity index (χ2v) is 8.02. The van der Waals surface area contributed by atoms with E-state index in [0.717, 1.165) is 17.0 Å². The van der Waals surface area contributed by atoms with Crippen LogP contribution in [0.15, 0.2) is 48.5 Å². The number of carbonyl (C=O) groups is 2. The molecule has 0 unspecified atom stereocenters. The monoisotopic (exact) mass is 421 g/mol. The van der Waals surface area contributed by atoms with Gasteiger partial charge in [0.05, 0.1) is 12.5 Å². The van der Waals surface area contributed by atoms with Gasteiger partial charge < -0.3 is 19.7 Å². The average Bonchev–Trinajstić information content (AvgIpc) is 3.25. The second kappa shape index (κ2) is 9.98. The molecule has 0 saturated heterocycles. The number of carbonyl (C=O) groups excluding carboxylic acids is 2. The SMILES string of the molecule is CC(C)(CNC(=O)CCC(=O)N(CCC#N)c1ccccc1)c1ccc2c(c1)OCO2. The first-order valence-electron chi connectivity index (χ1n) is 10.3. The molecule has 7 heteroatoms. The van der Waals surface area contributed by atoms with Crippen molar-refractivity contribution in [3.63, 3.8) is 0 Å². The topological polar surface area (TPSA) is 91.7 Å². The van der Waals surface area contributed by atoms with Crippen LogP contribution in [0.3, 0.4) is 0 Å². The number of anilines is 1. The molecule has 0 fully saturated rings. The summed E-state index contributed by atoms with van der Waals surface area (Å²) >= 11 is 0. The Morgan fingerprint density at radius 2 is 1.84 bits per heavy atom. The van der Waals surface area contributed by atoms with Crippen molar-refractivity contribution in [2.24, 2.45) is 0 Å². The van der Waals surface area contributed by atoms with Crippen molar-refractivity contribution in [2.45, 2.75) is 38.5 Å². The Morgan fingerprint density at radius 1 is 1.10 bits per heavy atom. The van der Waals surface area contributed by atoms with Crippen molar-refractivity contribution in [2.75, 3.05) is 24.8 Å². The van der Waals surface area contributed by atoms with Crippen LogP contribution in [0.4, 0.5) is 5.69 Å². The van der Waals surface area contributed by atoms with Crippen molar-refractivity contribution in [3.05, 3.63) is 54.1 Å². The summed E-state index contributed by atoms with van der Waals surface area (Å²) in [6.07, 6.45) is 0.402. The lowest BCUT2D eigenvalue weighted by atomic mass is 9.84. The van der Waals surface area contributed by atoms with Gasteiger partial charge in [0.15, 0.2) is 11.5 Å². The average molecular weight is 421 g/mol. The molecule has 2 aromatic carbocycles. The van der Waals surface area contributed by atoms with E-state index in [1.807, 2.05) is 62.4 Å². The van der Waals surface area contributed by atoms with E-state index in [4.69, 9.17) is 14.7 Å². The summed E-state index contributed by atoms with van der Waals surface area (Å²) in [6, 6.07) is 17.0. The van der Waals surface area contributed by atoms with Crippen LogP contribution in [0, 0.1) is 11.3 Å². The summed E-state index contributed by atoms with van der Waals surface area (Å²) in [7, 11) is 0. The summed E-state index contributed by atoms with van der Waals surface area (Å²) in [4.78, 5) is 26.7. The summed E-state index contributed by atoms with van der Waals surface area (Å²) in [6.45, 7) is 5.02. The molecule has 2 amide bonds. The predicted molar refractivity (Wildman–Crippen MR) is 117 cm³/mol. The number of nitriles is 1. The smallest absolute Gasteiger partial charge is 0.231 e. The third-order valence-corrected chi connectivity index (χ3v) is 5.26. The van der Waals surface area contributed by atoms with E-state index >= 15 is 0 Å². The van der Waals surface area contributed by atoms with E-state index in [0.29, 0.717) is 18.8 Å². The Balaban J connectivity index is 1.53. The first-order valence-corrected chi connectivity index (χ1v) is 10.3. The Kier molecular flexibility index (Phi) is 7.14. The summed E-state index contributed by atoms with van der Waals surface area (Å²) < 4.78 is 10.8. The van der Waals surface area contributed by atoms with E-state index in [1.165, 1.54) is 0 Å². The largest absolute Gasteiger partial charge is 0.454 e. The van der Waals surface area contributed by atoms with Crippen LogP contribution in [0.25, 0.3) is 0 Å². The van der Waals surface area contributed by atoms with Gasteiger partial charge in [-0.3, -0.25) is 9.59 Å². The van der Waals surface area contributed by atoms with Crippen molar-refractivity contribution < 1.29 is 19.1 Å². The third-order valence-electron chi connectivity index (χ3n) is 5.26. The quantitative estimate of drug-likeness (QED) is 0.669. The summed E-state index contributed by atoms with van der Waals surface area (Å²) in [5.41, 5.74) is 1.44. The number of benzene rings is 2. The normalized spacial score (nSPS) is 12.2. The lowest BCUT2D eigenvalue weighted by Crippen LogP contribution is -2.38. The molecule has 1 heterocycles. The zero-order chi connectivity index (χ0) is 22.3. The van der Waals surface area contributed by atoms with E-state index in [1.54, 1.807) is 4.90 Å². The van der Waals surface area contributed by atoms with Crippen LogP contribution in [-0.2, 0) is 15.0 Å². The highest BCUT2D eigenvalue weighted by Crippen LogP contribution is 2.36. The first-order chi connectivity index (χ1) is 14.9. The third kappa shape index (κ3) is 5.76. The molecule has 0 aliphatic carbocycles. The molecule has 162 valence electrons. The van der Waals surface area contributed by atoms with Crippen molar-refractivity contribution in [1.29, 1.82) is 5.26 Å². The van der Waals surface area contributed by atoms with Crippen molar-refractivity contribution in [3.8, 4) is 17.6 Å². The summed E-state index contributed by atoms with van der Waals surface area (Å²) in [5, 5.41) is 11.8. The van der Waals surface area contributed by atoms with Gasteiger partial charge in [-0.25, -0.2) is 0 Å². The molecule has 1 N–H and O–H groups in total. The zero-order valence-corrected chi connectivity index (χ0v) is 17.9. The Morgan fingerprint density at radius 3 is 2.58 bits per heavy atom. The fourth-order valence-corrected chi connectivity index (χ4v) is 3.35. The minimum Gasteiger partial charge on any atom is -0.454 e. The molecule has 0 spiro atoms. The molecule has 0 atom stereocenters. The number of hydrogen-bond donors (Lipinski definition) is 1. The van der Waals surface area contributed by atoms with Gasteiger partial charge in [-0.05, 0) is 29.8 Å². The number of ether oxygens (including phenoxy) is 2. The Hall–Kier alpha value is -3.53. The maximum atomic E-state index is 12.7. The highest BCUT2D eigenvalue weighted by molar-refractivity contribution is 5.95.